The van der Waals surface area contributed by atoms with Crippen molar-refractivity contribution in [2.45, 2.75) is 44.2 Å². The molecule has 5 N–H and O–H groups in total. The van der Waals surface area contributed by atoms with E-state index in [-0.39, 0.29) is 5.84 Å². The number of nitrogens with two attached hydrogens (primary N) is 1. The molecule has 0 radical (unpaired) electrons. The predicted octanol–water partition coefficient (Wildman–Crippen LogP) is 0.961. The van der Waals surface area contributed by atoms with Gasteiger partial charge in [-0.25, -0.2) is 0 Å². The molecule has 1 heterocycles. The predicted molar refractivity (Wildman–Crippen MR) is 76.5 cm³/mol. The summed E-state index contributed by atoms with van der Waals surface area (Å²) in [6.07, 6.45) is 6.67. The molecule has 1 aliphatic carbocycles. The lowest BCUT2D eigenvalue weighted by Crippen LogP contribution is -2.42. The van der Waals surface area contributed by atoms with Crippen molar-refractivity contribution in [2.24, 2.45) is 10.9 Å². The second-order valence-corrected chi connectivity index (χ2v) is 5.38. The smallest absolute Gasteiger partial charge is 0.189 e. The summed E-state index contributed by atoms with van der Waals surface area (Å²) in [5, 5.41) is 25.4. The zero-order valence-electron chi connectivity index (χ0n) is 11.5. The van der Waals surface area contributed by atoms with Crippen LogP contribution in [0.25, 0.3) is 0 Å². The Kier molecular flexibility index (Phi) is 4.92. The molecule has 1 aromatic rings. The SMILES string of the molecule is NC(=NO)c1ncccc1CNCC1(O)CCCCC1. The molecule has 110 valence electrons. The normalized spacial score (nSPS) is 18.9. The fraction of sp³-hybridized carbons (Fsp3) is 0.571. The van der Waals surface area contributed by atoms with Crippen molar-refractivity contribution >= 4 is 5.84 Å². The van der Waals surface area contributed by atoms with E-state index in [1.165, 1.54) is 6.42 Å². The van der Waals surface area contributed by atoms with E-state index in [1.807, 2.05) is 6.07 Å². The molecule has 0 amide bonds. The van der Waals surface area contributed by atoms with E-state index >= 15 is 0 Å². The second kappa shape index (κ2) is 6.67. The molecule has 0 saturated heterocycles. The van der Waals surface area contributed by atoms with Gasteiger partial charge < -0.3 is 21.4 Å². The third kappa shape index (κ3) is 3.68. The number of hydrogen-bond acceptors (Lipinski definition) is 5. The van der Waals surface area contributed by atoms with Gasteiger partial charge in [-0.15, -0.1) is 0 Å². The molecule has 2 rings (SSSR count). The van der Waals surface area contributed by atoms with E-state index in [1.54, 1.807) is 12.3 Å². The molecule has 6 nitrogen and oxygen atoms in total. The van der Waals surface area contributed by atoms with Crippen LogP contribution in [0.5, 0.6) is 0 Å². The van der Waals surface area contributed by atoms with Crippen molar-refractivity contribution in [1.82, 2.24) is 10.3 Å². The van der Waals surface area contributed by atoms with Gasteiger partial charge in [0.05, 0.1) is 5.60 Å². The van der Waals surface area contributed by atoms with E-state index in [9.17, 15) is 5.11 Å². The first-order valence-electron chi connectivity index (χ1n) is 6.99. The minimum absolute atomic E-state index is 0.00113. The molecule has 0 unspecified atom stereocenters. The van der Waals surface area contributed by atoms with Gasteiger partial charge in [-0.2, -0.15) is 0 Å². The minimum Gasteiger partial charge on any atom is -0.409 e. The molecule has 1 aromatic heterocycles. The Hall–Kier alpha value is -1.66. The van der Waals surface area contributed by atoms with Crippen LogP contribution in [0.2, 0.25) is 0 Å². The molecular weight excluding hydrogens is 256 g/mol. The highest BCUT2D eigenvalue weighted by Crippen LogP contribution is 2.27. The monoisotopic (exact) mass is 278 g/mol. The van der Waals surface area contributed by atoms with Crippen molar-refractivity contribution < 1.29 is 10.3 Å². The molecule has 20 heavy (non-hydrogen) atoms. The van der Waals surface area contributed by atoms with Crippen LogP contribution in [-0.4, -0.2) is 33.3 Å². The summed E-state index contributed by atoms with van der Waals surface area (Å²) in [4.78, 5) is 4.11. The number of hydrogen-bond donors (Lipinski definition) is 4. The summed E-state index contributed by atoms with van der Waals surface area (Å²) < 4.78 is 0. The fourth-order valence-corrected chi connectivity index (χ4v) is 2.68. The molecular formula is C14H22N4O2. The molecule has 0 bridgehead atoms. The van der Waals surface area contributed by atoms with Crippen molar-refractivity contribution in [1.29, 1.82) is 0 Å². The second-order valence-electron chi connectivity index (χ2n) is 5.38. The average molecular weight is 278 g/mol. The van der Waals surface area contributed by atoms with Crippen LogP contribution in [-0.2, 0) is 6.54 Å². The number of nitrogens with zero attached hydrogens (tertiary/aromatic N) is 2. The average Bonchev–Trinajstić information content (AvgIpc) is 2.47. The van der Waals surface area contributed by atoms with Crippen LogP contribution in [0.1, 0.15) is 43.4 Å². The minimum atomic E-state index is -0.600. The van der Waals surface area contributed by atoms with Gasteiger partial charge in [0.2, 0.25) is 0 Å². The number of nitrogens with one attached hydrogen (secondary N) is 1. The standard InChI is InChI=1S/C14H22N4O2/c15-13(18-20)12-11(5-4-8-17-12)9-16-10-14(19)6-2-1-3-7-14/h4-5,8,16,19-20H,1-3,6-7,9-10H2,(H2,15,18). The number of oxime groups is 1. The van der Waals surface area contributed by atoms with Crippen LogP contribution in [0.4, 0.5) is 0 Å². The van der Waals surface area contributed by atoms with Gasteiger partial charge in [-0.05, 0) is 24.5 Å². The zero-order valence-corrected chi connectivity index (χ0v) is 11.5. The van der Waals surface area contributed by atoms with E-state index in [0.29, 0.717) is 18.8 Å². The Morgan fingerprint density at radius 2 is 2.15 bits per heavy atom. The van der Waals surface area contributed by atoms with E-state index in [0.717, 1.165) is 31.2 Å². The molecule has 1 fully saturated rings. The summed E-state index contributed by atoms with van der Waals surface area (Å²) in [6.45, 7) is 1.08. The summed E-state index contributed by atoms with van der Waals surface area (Å²) in [5.74, 6) is -0.00113. The number of rotatable bonds is 5. The highest BCUT2D eigenvalue weighted by Gasteiger charge is 2.28. The van der Waals surface area contributed by atoms with Gasteiger partial charge in [-0.1, -0.05) is 30.5 Å². The highest BCUT2D eigenvalue weighted by molar-refractivity contribution is 5.96. The fourth-order valence-electron chi connectivity index (χ4n) is 2.68. The maximum Gasteiger partial charge on any atom is 0.189 e. The Labute approximate surface area is 118 Å². The molecule has 0 aliphatic heterocycles. The topological polar surface area (TPSA) is 104 Å². The Morgan fingerprint density at radius 1 is 1.40 bits per heavy atom. The number of aromatic nitrogens is 1. The Bertz CT molecular complexity index is 470. The molecule has 1 saturated carbocycles. The zero-order chi connectivity index (χ0) is 14.4. The van der Waals surface area contributed by atoms with E-state index in [4.69, 9.17) is 10.9 Å². The number of amidine groups is 1. The highest BCUT2D eigenvalue weighted by atomic mass is 16.4. The van der Waals surface area contributed by atoms with Crippen LogP contribution in [0.3, 0.4) is 0 Å². The van der Waals surface area contributed by atoms with Crippen LogP contribution in [0, 0.1) is 0 Å². The first-order valence-corrected chi connectivity index (χ1v) is 6.99. The lowest BCUT2D eigenvalue weighted by atomic mass is 9.85. The summed E-state index contributed by atoms with van der Waals surface area (Å²) in [6, 6.07) is 3.68. The first-order chi connectivity index (χ1) is 9.64. The maximum absolute atomic E-state index is 10.4. The van der Waals surface area contributed by atoms with E-state index < -0.39 is 5.60 Å². The first kappa shape index (κ1) is 14.7. The summed E-state index contributed by atoms with van der Waals surface area (Å²) in [5.41, 5.74) is 6.32. The van der Waals surface area contributed by atoms with Crippen LogP contribution in [0.15, 0.2) is 23.5 Å². The van der Waals surface area contributed by atoms with Crippen molar-refractivity contribution in [3.05, 3.63) is 29.6 Å². The van der Waals surface area contributed by atoms with Gasteiger partial charge in [0, 0.05) is 19.3 Å². The van der Waals surface area contributed by atoms with Crippen LogP contribution < -0.4 is 11.1 Å². The van der Waals surface area contributed by atoms with Crippen molar-refractivity contribution in [2.75, 3.05) is 6.54 Å². The van der Waals surface area contributed by atoms with Gasteiger partial charge in [-0.3, -0.25) is 4.98 Å². The lowest BCUT2D eigenvalue weighted by Gasteiger charge is -2.32. The summed E-state index contributed by atoms with van der Waals surface area (Å²) >= 11 is 0. The number of pyridine rings is 1. The van der Waals surface area contributed by atoms with Crippen molar-refractivity contribution in [3.8, 4) is 0 Å². The van der Waals surface area contributed by atoms with Gasteiger partial charge in [0.15, 0.2) is 5.84 Å². The van der Waals surface area contributed by atoms with Crippen LogP contribution >= 0.6 is 0 Å². The molecule has 6 heteroatoms. The Morgan fingerprint density at radius 3 is 2.85 bits per heavy atom. The van der Waals surface area contributed by atoms with E-state index in [2.05, 4.69) is 15.5 Å². The summed E-state index contributed by atoms with van der Waals surface area (Å²) in [7, 11) is 0. The van der Waals surface area contributed by atoms with Gasteiger partial charge in [0.25, 0.3) is 0 Å². The third-order valence-corrected chi connectivity index (χ3v) is 3.80. The molecule has 0 atom stereocenters. The third-order valence-electron chi connectivity index (χ3n) is 3.80. The lowest BCUT2D eigenvalue weighted by molar-refractivity contribution is 0.00467. The number of aliphatic hydroxyl groups is 1. The van der Waals surface area contributed by atoms with Gasteiger partial charge >= 0.3 is 0 Å². The largest absolute Gasteiger partial charge is 0.409 e. The molecule has 0 aromatic carbocycles. The quantitative estimate of drug-likeness (QED) is 0.278. The van der Waals surface area contributed by atoms with Gasteiger partial charge in [0.1, 0.15) is 5.69 Å². The molecule has 0 spiro atoms. The maximum atomic E-state index is 10.4. The van der Waals surface area contributed by atoms with Crippen molar-refractivity contribution in [3.63, 3.8) is 0 Å². The Balaban J connectivity index is 1.94. The molecule has 1 aliphatic rings.